The van der Waals surface area contributed by atoms with Crippen LogP contribution in [-0.4, -0.2) is 66.7 Å². The molecule has 1 fully saturated rings. The summed E-state index contributed by atoms with van der Waals surface area (Å²) >= 11 is 1.64. The van der Waals surface area contributed by atoms with Crippen LogP contribution in [-0.2, 0) is 6.42 Å². The third-order valence-corrected chi connectivity index (χ3v) is 8.64. The topological polar surface area (TPSA) is 81.5 Å². The molecule has 2 heterocycles. The molecule has 2 aromatic carbocycles. The summed E-state index contributed by atoms with van der Waals surface area (Å²) in [5.74, 6) is 0.921. The number of hydrogen-bond donors (Lipinski definition) is 1. The maximum absolute atomic E-state index is 12.8. The molecule has 198 valence electrons. The molecule has 1 N–H and O–H groups in total. The van der Waals surface area contributed by atoms with Crippen molar-refractivity contribution >= 4 is 17.4 Å². The summed E-state index contributed by atoms with van der Waals surface area (Å²) in [5, 5.41) is 13.7. The Morgan fingerprint density at radius 3 is 2.87 bits per heavy atom. The van der Waals surface area contributed by atoms with Gasteiger partial charge in [-0.25, -0.2) is 9.78 Å². The van der Waals surface area contributed by atoms with Crippen LogP contribution >= 0.6 is 11.3 Å². The van der Waals surface area contributed by atoms with Gasteiger partial charge in [0.25, 0.3) is 0 Å². The SMILES string of the molecule is CC(C)Oc1ccc(-c2ncc(-c3cccc4c3CC[C@@H]4CNC(=O)N3CC[C@@H](N(C)C)C3)s2)cc1C#N. The number of hydrogen-bond acceptors (Lipinski definition) is 6. The lowest BCUT2D eigenvalue weighted by atomic mass is 9.98. The van der Waals surface area contributed by atoms with Gasteiger partial charge in [0.05, 0.1) is 16.5 Å². The summed E-state index contributed by atoms with van der Waals surface area (Å²) in [6.45, 7) is 6.17. The quantitative estimate of drug-likeness (QED) is 0.436. The molecular weight excluding hydrogens is 494 g/mol. The molecule has 2 atom stereocenters. The molecule has 1 aliphatic carbocycles. The predicted molar refractivity (Wildman–Crippen MR) is 152 cm³/mol. The molecule has 0 unspecified atom stereocenters. The van der Waals surface area contributed by atoms with E-state index in [1.165, 1.54) is 16.7 Å². The summed E-state index contributed by atoms with van der Waals surface area (Å²) < 4.78 is 5.77. The maximum Gasteiger partial charge on any atom is 0.317 e. The number of carbonyl (C=O) groups is 1. The lowest BCUT2D eigenvalue weighted by Crippen LogP contribution is -2.41. The molecule has 38 heavy (non-hydrogen) atoms. The van der Waals surface area contributed by atoms with Gasteiger partial charge in [-0.1, -0.05) is 18.2 Å². The van der Waals surface area contributed by atoms with E-state index in [1.54, 1.807) is 11.3 Å². The third kappa shape index (κ3) is 5.40. The van der Waals surface area contributed by atoms with E-state index in [-0.39, 0.29) is 12.1 Å². The van der Waals surface area contributed by atoms with Gasteiger partial charge in [0.1, 0.15) is 16.8 Å². The average molecular weight is 530 g/mol. The van der Waals surface area contributed by atoms with Crippen LogP contribution in [0.15, 0.2) is 42.6 Å². The molecule has 5 rings (SSSR count). The standard InChI is InChI=1S/C30H35N5O2S/c1-19(2)37-27-11-9-20(14-22(27)15-31)29-32-17-28(38-29)26-7-5-6-24-21(8-10-25(24)26)16-33-30(36)35-13-12-23(18-35)34(3)4/h5-7,9,11,14,17,19,21,23H,8,10,12-13,16,18H2,1-4H3,(H,33,36)/t21-,23-/m1/s1. The van der Waals surface area contributed by atoms with Crippen molar-refractivity contribution in [3.63, 3.8) is 0 Å². The van der Waals surface area contributed by atoms with Gasteiger partial charge in [0.2, 0.25) is 0 Å². The van der Waals surface area contributed by atoms with Crippen LogP contribution in [0.3, 0.4) is 0 Å². The number of urea groups is 1. The van der Waals surface area contributed by atoms with Gasteiger partial charge in [-0.3, -0.25) is 0 Å². The fraction of sp³-hybridized carbons (Fsp3) is 0.433. The zero-order chi connectivity index (χ0) is 26.8. The van der Waals surface area contributed by atoms with Crippen LogP contribution in [0.25, 0.3) is 21.0 Å². The second kappa shape index (κ2) is 11.1. The molecule has 1 aromatic heterocycles. The lowest BCUT2D eigenvalue weighted by molar-refractivity contribution is 0.202. The summed E-state index contributed by atoms with van der Waals surface area (Å²) in [6.07, 6.45) is 4.99. The summed E-state index contributed by atoms with van der Waals surface area (Å²) in [7, 11) is 4.15. The number of aromatic nitrogens is 1. The number of thiazole rings is 1. The van der Waals surface area contributed by atoms with E-state index in [1.807, 2.05) is 43.1 Å². The molecule has 0 bridgehead atoms. The number of fused-ring (bicyclic) bond motifs is 1. The van der Waals surface area contributed by atoms with Gasteiger partial charge >= 0.3 is 6.03 Å². The van der Waals surface area contributed by atoms with Crippen LogP contribution in [0.1, 0.15) is 49.3 Å². The van der Waals surface area contributed by atoms with Crippen LogP contribution < -0.4 is 10.1 Å². The highest BCUT2D eigenvalue weighted by molar-refractivity contribution is 7.18. The Hall–Kier alpha value is -3.41. The lowest BCUT2D eigenvalue weighted by Gasteiger charge is -2.22. The average Bonchev–Trinajstić information content (AvgIpc) is 3.67. The van der Waals surface area contributed by atoms with Gasteiger partial charge in [0, 0.05) is 43.4 Å². The van der Waals surface area contributed by atoms with E-state index >= 15 is 0 Å². The van der Waals surface area contributed by atoms with Crippen molar-refractivity contribution in [2.45, 2.75) is 51.2 Å². The number of benzene rings is 2. The summed E-state index contributed by atoms with van der Waals surface area (Å²) in [5.41, 5.74) is 5.33. The zero-order valence-corrected chi connectivity index (χ0v) is 23.3. The summed E-state index contributed by atoms with van der Waals surface area (Å²) in [4.78, 5) is 22.7. The maximum atomic E-state index is 12.8. The van der Waals surface area contributed by atoms with Gasteiger partial charge in [-0.05, 0) is 82.1 Å². The molecule has 0 spiro atoms. The van der Waals surface area contributed by atoms with Crippen molar-refractivity contribution in [3.8, 4) is 32.8 Å². The number of ether oxygens (including phenoxy) is 1. The highest BCUT2D eigenvalue weighted by Crippen LogP contribution is 2.42. The smallest absolute Gasteiger partial charge is 0.317 e. The first-order valence-corrected chi connectivity index (χ1v) is 14.1. The highest BCUT2D eigenvalue weighted by Gasteiger charge is 2.30. The van der Waals surface area contributed by atoms with E-state index in [4.69, 9.17) is 9.72 Å². The van der Waals surface area contributed by atoms with E-state index in [0.29, 0.717) is 29.8 Å². The second-order valence-corrected chi connectivity index (χ2v) is 11.7. The van der Waals surface area contributed by atoms with Crippen molar-refractivity contribution in [3.05, 3.63) is 59.3 Å². The number of rotatable bonds is 7. The largest absolute Gasteiger partial charge is 0.490 e. The van der Waals surface area contributed by atoms with Crippen molar-refractivity contribution < 1.29 is 9.53 Å². The van der Waals surface area contributed by atoms with Gasteiger partial charge < -0.3 is 19.9 Å². The van der Waals surface area contributed by atoms with Crippen molar-refractivity contribution in [2.24, 2.45) is 0 Å². The van der Waals surface area contributed by atoms with Gasteiger partial charge in [-0.2, -0.15) is 5.26 Å². The minimum atomic E-state index is 0.00684. The minimum Gasteiger partial charge on any atom is -0.490 e. The first-order chi connectivity index (χ1) is 18.3. The van der Waals surface area contributed by atoms with Crippen molar-refractivity contribution in [1.82, 2.24) is 20.1 Å². The second-order valence-electron chi connectivity index (χ2n) is 10.7. The Balaban J connectivity index is 1.29. The fourth-order valence-electron chi connectivity index (χ4n) is 5.49. The fourth-order valence-corrected chi connectivity index (χ4v) is 6.46. The van der Waals surface area contributed by atoms with Crippen LogP contribution in [0, 0.1) is 11.3 Å². The number of likely N-dealkylation sites (N-methyl/N-ethyl adjacent to an activating group) is 1. The Kier molecular flexibility index (Phi) is 7.68. The van der Waals surface area contributed by atoms with Gasteiger partial charge in [0.15, 0.2) is 0 Å². The molecule has 8 heteroatoms. The number of amides is 2. The summed E-state index contributed by atoms with van der Waals surface area (Å²) in [6, 6.07) is 14.9. The predicted octanol–water partition coefficient (Wildman–Crippen LogP) is 5.51. The zero-order valence-electron chi connectivity index (χ0n) is 22.5. The normalized spacial score (nSPS) is 18.6. The molecule has 7 nitrogen and oxygen atoms in total. The molecule has 1 saturated heterocycles. The van der Waals surface area contributed by atoms with Crippen LogP contribution in [0.4, 0.5) is 4.79 Å². The minimum absolute atomic E-state index is 0.00684. The molecule has 3 aromatic rings. The molecule has 2 amide bonds. The molecule has 0 radical (unpaired) electrons. The molecule has 2 aliphatic rings. The van der Waals surface area contributed by atoms with Crippen molar-refractivity contribution in [1.29, 1.82) is 5.26 Å². The number of carbonyl (C=O) groups excluding carboxylic acids is 1. The van der Waals surface area contributed by atoms with E-state index in [9.17, 15) is 10.1 Å². The monoisotopic (exact) mass is 529 g/mol. The first kappa shape index (κ1) is 26.2. The third-order valence-electron chi connectivity index (χ3n) is 7.56. The number of nitriles is 1. The Bertz CT molecular complexity index is 1360. The first-order valence-electron chi connectivity index (χ1n) is 13.3. The van der Waals surface area contributed by atoms with Crippen LogP contribution in [0.5, 0.6) is 5.75 Å². The van der Waals surface area contributed by atoms with Crippen molar-refractivity contribution in [2.75, 3.05) is 33.7 Å². The molecule has 0 saturated carbocycles. The van der Waals surface area contributed by atoms with E-state index < -0.39 is 0 Å². The molecular formula is C30H35N5O2S. The number of nitrogens with zero attached hydrogens (tertiary/aromatic N) is 4. The highest BCUT2D eigenvalue weighted by atomic mass is 32.1. The molecule has 1 aliphatic heterocycles. The van der Waals surface area contributed by atoms with Crippen LogP contribution in [0.2, 0.25) is 0 Å². The van der Waals surface area contributed by atoms with E-state index in [0.717, 1.165) is 47.8 Å². The number of likely N-dealkylation sites (tertiary alicyclic amines) is 1. The Labute approximate surface area is 229 Å². The van der Waals surface area contributed by atoms with Gasteiger partial charge in [-0.15, -0.1) is 11.3 Å². The Morgan fingerprint density at radius 2 is 2.13 bits per heavy atom. The number of nitrogens with one attached hydrogen (secondary N) is 1. The Morgan fingerprint density at radius 1 is 1.29 bits per heavy atom. The van der Waals surface area contributed by atoms with E-state index in [2.05, 4.69) is 48.6 Å².